The van der Waals surface area contributed by atoms with Crippen LogP contribution in [0.2, 0.25) is 0 Å². The molecule has 4 nitrogen and oxygen atoms in total. The van der Waals surface area contributed by atoms with Gasteiger partial charge in [-0.15, -0.1) is 0 Å². The summed E-state index contributed by atoms with van der Waals surface area (Å²) in [7, 11) is -3.75. The number of fused-ring (bicyclic) bond motifs is 1. The molecule has 0 aliphatic rings. The molecule has 2 N–H and O–H groups in total. The fourth-order valence-corrected chi connectivity index (χ4v) is 3.16. The van der Waals surface area contributed by atoms with Gasteiger partial charge in [-0.2, -0.15) is 0 Å². The van der Waals surface area contributed by atoms with Crippen LogP contribution in [0.3, 0.4) is 0 Å². The molecule has 0 fully saturated rings. The van der Waals surface area contributed by atoms with Crippen LogP contribution < -0.4 is 4.72 Å². The van der Waals surface area contributed by atoms with E-state index in [-0.39, 0.29) is 16.3 Å². The number of sulfonamides is 1. The van der Waals surface area contributed by atoms with Crippen molar-refractivity contribution >= 4 is 26.5 Å². The van der Waals surface area contributed by atoms with Crippen molar-refractivity contribution in [3.05, 3.63) is 66.7 Å². The van der Waals surface area contributed by atoms with Gasteiger partial charge >= 0.3 is 0 Å². The van der Waals surface area contributed by atoms with Gasteiger partial charge in [0.1, 0.15) is 5.75 Å². The third-order valence-corrected chi connectivity index (χ3v) is 4.48. The minimum Gasteiger partial charge on any atom is -0.506 e. The first-order chi connectivity index (χ1) is 10.1. The second-order valence-corrected chi connectivity index (χ2v) is 6.24. The maximum atomic E-state index is 12.4. The van der Waals surface area contributed by atoms with Crippen molar-refractivity contribution in [1.29, 1.82) is 0 Å². The summed E-state index contributed by atoms with van der Waals surface area (Å²) in [5, 5.41) is 11.4. The van der Waals surface area contributed by atoms with E-state index in [1.165, 1.54) is 24.3 Å². The zero-order valence-electron chi connectivity index (χ0n) is 10.9. The van der Waals surface area contributed by atoms with E-state index in [2.05, 4.69) is 10.8 Å². The standard InChI is InChI=1S/C16H12NO3S/c18-16-8-4-3-7-15(16)17-21(19,20)14-10-9-12-5-1-2-6-13(12)11-14/h1-3,5-11,17-18H. The van der Waals surface area contributed by atoms with Crippen molar-refractivity contribution in [3.63, 3.8) is 0 Å². The van der Waals surface area contributed by atoms with Gasteiger partial charge in [-0.1, -0.05) is 36.4 Å². The Morgan fingerprint density at radius 1 is 1.00 bits per heavy atom. The molecular formula is C16H12NO3S. The van der Waals surface area contributed by atoms with Gasteiger partial charge in [-0.05, 0) is 41.1 Å². The third kappa shape index (κ3) is 2.68. The molecule has 0 aromatic heterocycles. The summed E-state index contributed by atoms with van der Waals surface area (Å²) < 4.78 is 27.1. The molecule has 0 unspecified atom stereocenters. The van der Waals surface area contributed by atoms with Crippen LogP contribution in [0.4, 0.5) is 5.69 Å². The highest BCUT2D eigenvalue weighted by Crippen LogP contribution is 2.26. The number of anilines is 1. The average Bonchev–Trinajstić information content (AvgIpc) is 2.49. The van der Waals surface area contributed by atoms with Crippen LogP contribution >= 0.6 is 0 Å². The molecule has 0 heterocycles. The lowest BCUT2D eigenvalue weighted by molar-refractivity contribution is 0.477. The van der Waals surface area contributed by atoms with E-state index < -0.39 is 10.0 Å². The first-order valence-electron chi connectivity index (χ1n) is 6.27. The molecule has 0 saturated carbocycles. The Bertz CT molecular complexity index is 904. The molecule has 0 saturated heterocycles. The van der Waals surface area contributed by atoms with Gasteiger partial charge in [-0.3, -0.25) is 4.72 Å². The fourth-order valence-electron chi connectivity index (χ4n) is 2.05. The molecule has 0 spiro atoms. The normalized spacial score (nSPS) is 11.4. The Morgan fingerprint density at radius 2 is 1.76 bits per heavy atom. The Morgan fingerprint density at radius 3 is 2.52 bits per heavy atom. The predicted octanol–water partition coefficient (Wildman–Crippen LogP) is 3.15. The summed E-state index contributed by atoms with van der Waals surface area (Å²) in [6, 6.07) is 19.4. The van der Waals surface area contributed by atoms with E-state index in [1.54, 1.807) is 12.1 Å². The van der Waals surface area contributed by atoms with E-state index in [1.807, 2.05) is 24.3 Å². The van der Waals surface area contributed by atoms with Crippen molar-refractivity contribution in [1.82, 2.24) is 0 Å². The monoisotopic (exact) mass is 298 g/mol. The maximum Gasteiger partial charge on any atom is 0.262 e. The summed E-state index contributed by atoms with van der Waals surface area (Å²) in [5.74, 6) is -0.165. The van der Waals surface area contributed by atoms with Gasteiger partial charge in [0.05, 0.1) is 10.6 Å². The van der Waals surface area contributed by atoms with E-state index in [0.717, 1.165) is 10.8 Å². The molecule has 5 heteroatoms. The van der Waals surface area contributed by atoms with Crippen LogP contribution in [0.15, 0.2) is 65.6 Å². The quantitative estimate of drug-likeness (QED) is 0.730. The number of phenolic OH excluding ortho intramolecular Hbond substituents is 1. The van der Waals surface area contributed by atoms with Crippen LogP contribution in [0.25, 0.3) is 10.8 Å². The molecule has 0 bridgehead atoms. The van der Waals surface area contributed by atoms with Crippen molar-refractivity contribution in [2.24, 2.45) is 0 Å². The number of benzene rings is 3. The van der Waals surface area contributed by atoms with Gasteiger partial charge < -0.3 is 5.11 Å². The third-order valence-electron chi connectivity index (χ3n) is 3.12. The predicted molar refractivity (Wildman–Crippen MR) is 81.7 cm³/mol. The number of nitrogens with one attached hydrogen (secondary N) is 1. The number of aromatic hydroxyl groups is 1. The van der Waals surface area contributed by atoms with Crippen LogP contribution in [0.1, 0.15) is 0 Å². The molecule has 0 aliphatic carbocycles. The molecule has 0 aliphatic heterocycles. The van der Waals surface area contributed by atoms with Gasteiger partial charge in [-0.25, -0.2) is 8.42 Å². The molecule has 3 rings (SSSR count). The molecule has 1 radical (unpaired) electrons. The van der Waals surface area contributed by atoms with E-state index in [0.29, 0.717) is 0 Å². The van der Waals surface area contributed by atoms with Crippen LogP contribution in [-0.4, -0.2) is 13.5 Å². The van der Waals surface area contributed by atoms with Gasteiger partial charge in [0.25, 0.3) is 10.0 Å². The second kappa shape index (κ2) is 5.10. The molecule has 0 atom stereocenters. The first-order valence-corrected chi connectivity index (χ1v) is 7.75. The topological polar surface area (TPSA) is 66.4 Å². The van der Waals surface area contributed by atoms with Crippen LogP contribution in [-0.2, 0) is 10.0 Å². The van der Waals surface area contributed by atoms with Gasteiger partial charge in [0.15, 0.2) is 0 Å². The van der Waals surface area contributed by atoms with E-state index in [9.17, 15) is 13.5 Å². The number of hydrogen-bond donors (Lipinski definition) is 2. The molecule has 3 aromatic rings. The number of rotatable bonds is 3. The molecule has 3 aromatic carbocycles. The van der Waals surface area contributed by atoms with Crippen molar-refractivity contribution in [2.75, 3.05) is 4.72 Å². The Balaban J connectivity index is 2.02. The van der Waals surface area contributed by atoms with Crippen molar-refractivity contribution in [3.8, 4) is 5.75 Å². The average molecular weight is 298 g/mol. The zero-order chi connectivity index (χ0) is 14.9. The summed E-state index contributed by atoms with van der Waals surface area (Å²) in [6.07, 6.45) is 0. The van der Waals surface area contributed by atoms with Crippen molar-refractivity contribution < 1.29 is 13.5 Å². The van der Waals surface area contributed by atoms with E-state index in [4.69, 9.17) is 0 Å². The highest BCUT2D eigenvalue weighted by Gasteiger charge is 2.16. The maximum absolute atomic E-state index is 12.4. The van der Waals surface area contributed by atoms with Gasteiger partial charge in [0.2, 0.25) is 0 Å². The molecule has 0 amide bonds. The highest BCUT2D eigenvalue weighted by atomic mass is 32.2. The lowest BCUT2D eigenvalue weighted by atomic mass is 10.1. The SMILES string of the molecule is O=S(=O)(Nc1cc[c]cc1O)c1ccc2ccccc2c1. The highest BCUT2D eigenvalue weighted by molar-refractivity contribution is 7.92. The van der Waals surface area contributed by atoms with Crippen LogP contribution in [0, 0.1) is 6.07 Å². The first kappa shape index (κ1) is 13.5. The Kier molecular flexibility index (Phi) is 3.27. The number of hydrogen-bond acceptors (Lipinski definition) is 3. The second-order valence-electron chi connectivity index (χ2n) is 4.56. The number of phenols is 1. The fraction of sp³-hybridized carbons (Fsp3) is 0. The minimum absolute atomic E-state index is 0.127. The largest absolute Gasteiger partial charge is 0.506 e. The zero-order valence-corrected chi connectivity index (χ0v) is 11.8. The van der Waals surface area contributed by atoms with Gasteiger partial charge in [0, 0.05) is 0 Å². The molecular weight excluding hydrogens is 286 g/mol. The lowest BCUT2D eigenvalue weighted by Gasteiger charge is -2.10. The smallest absolute Gasteiger partial charge is 0.262 e. The summed E-state index contributed by atoms with van der Waals surface area (Å²) >= 11 is 0. The summed E-state index contributed by atoms with van der Waals surface area (Å²) in [5.41, 5.74) is 0.127. The minimum atomic E-state index is -3.75. The van der Waals surface area contributed by atoms with Crippen LogP contribution in [0.5, 0.6) is 5.75 Å². The Labute approximate surface area is 122 Å². The summed E-state index contributed by atoms with van der Waals surface area (Å²) in [4.78, 5) is 0.147. The van der Waals surface area contributed by atoms with E-state index >= 15 is 0 Å². The molecule has 105 valence electrons. The summed E-state index contributed by atoms with van der Waals surface area (Å²) in [6.45, 7) is 0. The Hall–Kier alpha value is -2.53. The van der Waals surface area contributed by atoms with Crippen molar-refractivity contribution in [2.45, 2.75) is 4.90 Å². The molecule has 21 heavy (non-hydrogen) atoms. The lowest BCUT2D eigenvalue weighted by Crippen LogP contribution is -2.12.